The fraction of sp³-hybridized carbons (Fsp3) is 0.292. The molecule has 0 aromatic heterocycles. The Kier molecular flexibility index (Phi) is 7.65. The Hall–Kier alpha value is -3.09. The van der Waals surface area contributed by atoms with Gasteiger partial charge in [0, 0.05) is 11.6 Å². The molecule has 1 amide bonds. The summed E-state index contributed by atoms with van der Waals surface area (Å²) in [6.07, 6.45) is 6.96. The Bertz CT molecular complexity index is 1030. The summed E-state index contributed by atoms with van der Waals surface area (Å²) in [4.78, 5) is 12.5. The lowest BCUT2D eigenvalue weighted by molar-refractivity contribution is -0.117. The number of hydrogen-bond acceptors (Lipinski definition) is 4. The van der Waals surface area contributed by atoms with E-state index in [-0.39, 0.29) is 24.1 Å². The number of carbonyl (C=O) groups is 1. The van der Waals surface area contributed by atoms with E-state index in [0.717, 1.165) is 36.8 Å². The highest BCUT2D eigenvalue weighted by Gasteiger charge is 2.18. The van der Waals surface area contributed by atoms with Gasteiger partial charge < -0.3 is 10.1 Å². The molecule has 0 aliphatic heterocycles. The van der Waals surface area contributed by atoms with Gasteiger partial charge in [0.2, 0.25) is 0 Å². The van der Waals surface area contributed by atoms with Gasteiger partial charge in [-0.2, -0.15) is 10.5 Å². The van der Waals surface area contributed by atoms with E-state index >= 15 is 0 Å². The molecule has 0 radical (unpaired) electrons. The van der Waals surface area contributed by atoms with Gasteiger partial charge in [-0.15, -0.1) is 0 Å². The lowest BCUT2D eigenvalue weighted by Gasteiger charge is -2.22. The summed E-state index contributed by atoms with van der Waals surface area (Å²) in [5.74, 6) is 0.291. The summed E-state index contributed by atoms with van der Waals surface area (Å²) < 4.78 is 6.54. The van der Waals surface area contributed by atoms with Crippen molar-refractivity contribution in [2.75, 3.05) is 0 Å². The van der Waals surface area contributed by atoms with Crippen molar-refractivity contribution in [3.8, 4) is 17.9 Å². The van der Waals surface area contributed by atoms with Crippen molar-refractivity contribution in [1.29, 1.82) is 10.5 Å². The van der Waals surface area contributed by atoms with Crippen molar-refractivity contribution in [2.45, 2.75) is 44.8 Å². The molecule has 1 fully saturated rings. The minimum atomic E-state index is -0.325. The second kappa shape index (κ2) is 10.6. The molecule has 30 heavy (non-hydrogen) atoms. The average molecular weight is 464 g/mol. The van der Waals surface area contributed by atoms with E-state index in [2.05, 4.69) is 27.3 Å². The number of nitriles is 2. The first kappa shape index (κ1) is 21.6. The average Bonchev–Trinajstić information content (AvgIpc) is 2.77. The highest BCUT2D eigenvalue weighted by atomic mass is 79.9. The van der Waals surface area contributed by atoms with E-state index in [1.807, 2.05) is 24.3 Å². The summed E-state index contributed by atoms with van der Waals surface area (Å²) in [5.41, 5.74) is 2.20. The van der Waals surface area contributed by atoms with E-state index in [1.165, 1.54) is 6.42 Å². The molecule has 0 atom stereocenters. The Morgan fingerprint density at radius 2 is 1.93 bits per heavy atom. The molecule has 1 saturated carbocycles. The summed E-state index contributed by atoms with van der Waals surface area (Å²) in [6.45, 7) is 0.269. The van der Waals surface area contributed by atoms with Crippen LogP contribution in [-0.2, 0) is 11.4 Å². The monoisotopic (exact) mass is 463 g/mol. The number of rotatable bonds is 6. The van der Waals surface area contributed by atoms with E-state index in [0.29, 0.717) is 15.8 Å². The van der Waals surface area contributed by atoms with Crippen LogP contribution < -0.4 is 10.1 Å². The van der Waals surface area contributed by atoms with Crippen LogP contribution in [0.1, 0.15) is 48.8 Å². The molecule has 1 aliphatic rings. The van der Waals surface area contributed by atoms with Crippen LogP contribution in [0.3, 0.4) is 0 Å². The van der Waals surface area contributed by atoms with E-state index in [1.54, 1.807) is 30.3 Å². The van der Waals surface area contributed by atoms with Gasteiger partial charge in [0.05, 0.1) is 16.1 Å². The van der Waals surface area contributed by atoms with Crippen LogP contribution in [0.2, 0.25) is 0 Å². The zero-order valence-electron chi connectivity index (χ0n) is 16.5. The van der Waals surface area contributed by atoms with Gasteiger partial charge in [0.15, 0.2) is 0 Å². The summed E-state index contributed by atoms with van der Waals surface area (Å²) in [6, 6.07) is 17.0. The lowest BCUT2D eigenvalue weighted by atomic mass is 9.95. The molecule has 1 aliphatic carbocycles. The smallest absolute Gasteiger partial charge is 0.262 e. The molecule has 0 unspecified atom stereocenters. The second-order valence-corrected chi connectivity index (χ2v) is 8.08. The second-order valence-electron chi connectivity index (χ2n) is 7.23. The Labute approximate surface area is 185 Å². The fourth-order valence-corrected chi connectivity index (χ4v) is 3.97. The van der Waals surface area contributed by atoms with Crippen molar-refractivity contribution in [2.24, 2.45) is 0 Å². The number of benzene rings is 2. The SMILES string of the molecule is N#C/C(=C/c1ccc(OCc2ccccc2C#N)c(Br)c1)C(=O)NC1CCCCC1. The maximum Gasteiger partial charge on any atom is 0.262 e. The molecule has 2 aromatic carbocycles. The van der Waals surface area contributed by atoms with Gasteiger partial charge in [0.1, 0.15) is 24.0 Å². The van der Waals surface area contributed by atoms with Crippen LogP contribution in [0.4, 0.5) is 0 Å². The van der Waals surface area contributed by atoms with Gasteiger partial charge in [-0.05, 0) is 58.6 Å². The van der Waals surface area contributed by atoms with Crippen LogP contribution in [-0.4, -0.2) is 11.9 Å². The molecule has 3 rings (SSSR count). The van der Waals surface area contributed by atoms with Crippen molar-refractivity contribution >= 4 is 27.9 Å². The quantitative estimate of drug-likeness (QED) is 0.467. The molecule has 2 aromatic rings. The molecule has 1 N–H and O–H groups in total. The number of amides is 1. The van der Waals surface area contributed by atoms with Gasteiger partial charge in [-0.25, -0.2) is 0 Å². The Balaban J connectivity index is 1.68. The van der Waals surface area contributed by atoms with Crippen molar-refractivity contribution in [3.05, 3.63) is 69.2 Å². The number of ether oxygens (including phenoxy) is 1. The molecular formula is C24H22BrN3O2. The van der Waals surface area contributed by atoms with Gasteiger partial charge in [-0.1, -0.05) is 43.5 Å². The summed E-state index contributed by atoms with van der Waals surface area (Å²) in [7, 11) is 0. The largest absolute Gasteiger partial charge is 0.488 e. The van der Waals surface area contributed by atoms with Gasteiger partial charge in [-0.3, -0.25) is 4.79 Å². The van der Waals surface area contributed by atoms with Crippen LogP contribution in [0.25, 0.3) is 6.08 Å². The maximum atomic E-state index is 12.5. The molecule has 5 nitrogen and oxygen atoms in total. The van der Waals surface area contributed by atoms with Crippen molar-refractivity contribution in [3.63, 3.8) is 0 Å². The highest BCUT2D eigenvalue weighted by Crippen LogP contribution is 2.28. The third kappa shape index (κ3) is 5.72. The number of carbonyl (C=O) groups excluding carboxylic acids is 1. The standard InChI is InChI=1S/C24H22BrN3O2/c25-22-13-17(12-20(15-27)24(29)28-21-8-2-1-3-9-21)10-11-23(22)30-16-19-7-5-4-6-18(19)14-26/h4-7,10-13,21H,1-3,8-9,16H2,(H,28,29)/b20-12-. The predicted molar refractivity (Wildman–Crippen MR) is 118 cm³/mol. The minimum absolute atomic E-state index is 0.0871. The van der Waals surface area contributed by atoms with E-state index < -0.39 is 0 Å². The predicted octanol–water partition coefficient (Wildman–Crippen LogP) is 5.26. The number of hydrogen-bond donors (Lipinski definition) is 1. The Morgan fingerprint density at radius 1 is 1.17 bits per heavy atom. The summed E-state index contributed by atoms with van der Waals surface area (Å²) in [5, 5.41) is 21.6. The zero-order chi connectivity index (χ0) is 21.3. The number of nitrogens with zero attached hydrogens (tertiary/aromatic N) is 2. The van der Waals surface area contributed by atoms with E-state index in [4.69, 9.17) is 4.74 Å². The van der Waals surface area contributed by atoms with Gasteiger partial charge in [0.25, 0.3) is 5.91 Å². The van der Waals surface area contributed by atoms with Crippen molar-refractivity contribution in [1.82, 2.24) is 5.32 Å². The molecule has 6 heteroatoms. The maximum absolute atomic E-state index is 12.5. The van der Waals surface area contributed by atoms with Crippen LogP contribution in [0.15, 0.2) is 52.5 Å². The minimum Gasteiger partial charge on any atom is -0.488 e. The molecule has 0 spiro atoms. The van der Waals surface area contributed by atoms with Crippen LogP contribution in [0.5, 0.6) is 5.75 Å². The van der Waals surface area contributed by atoms with Gasteiger partial charge >= 0.3 is 0 Å². The van der Waals surface area contributed by atoms with Crippen molar-refractivity contribution < 1.29 is 9.53 Å². The molecule has 0 bridgehead atoms. The summed E-state index contributed by atoms with van der Waals surface area (Å²) >= 11 is 3.48. The molecule has 152 valence electrons. The molecular weight excluding hydrogens is 442 g/mol. The lowest BCUT2D eigenvalue weighted by Crippen LogP contribution is -2.36. The highest BCUT2D eigenvalue weighted by molar-refractivity contribution is 9.10. The van der Waals surface area contributed by atoms with E-state index in [9.17, 15) is 15.3 Å². The van der Waals surface area contributed by atoms with Crippen LogP contribution in [0, 0.1) is 22.7 Å². The first-order valence-corrected chi connectivity index (χ1v) is 10.7. The zero-order valence-corrected chi connectivity index (χ0v) is 18.1. The van der Waals surface area contributed by atoms with Crippen LogP contribution >= 0.6 is 15.9 Å². The normalized spacial score (nSPS) is 14.4. The number of nitrogens with one attached hydrogen (secondary N) is 1. The molecule has 0 saturated heterocycles. The third-order valence-corrected chi connectivity index (χ3v) is 5.71. The molecule has 0 heterocycles. The first-order chi connectivity index (χ1) is 14.6. The topological polar surface area (TPSA) is 85.9 Å². The third-order valence-electron chi connectivity index (χ3n) is 5.09. The Morgan fingerprint density at radius 3 is 2.63 bits per heavy atom. The first-order valence-electron chi connectivity index (χ1n) is 9.93. The fourth-order valence-electron chi connectivity index (χ4n) is 3.46. The number of halogens is 1.